The van der Waals surface area contributed by atoms with E-state index in [0.717, 1.165) is 4.90 Å². The van der Waals surface area contributed by atoms with E-state index in [0.29, 0.717) is 23.3 Å². The van der Waals surface area contributed by atoms with Crippen molar-refractivity contribution in [1.82, 2.24) is 10.2 Å². The van der Waals surface area contributed by atoms with Crippen LogP contribution < -0.4 is 10.1 Å². The lowest BCUT2D eigenvalue weighted by molar-refractivity contribution is -0.132. The summed E-state index contributed by atoms with van der Waals surface area (Å²) >= 11 is 0. The first-order chi connectivity index (χ1) is 12.5. The molecule has 26 heavy (non-hydrogen) atoms. The number of nitrogens with zero attached hydrogens (tertiary/aromatic N) is 1. The van der Waals surface area contributed by atoms with Gasteiger partial charge >= 0.3 is 6.03 Å². The molecule has 2 aromatic carbocycles. The Bertz CT molecular complexity index is 791. The fraction of sp³-hybridized carbons (Fsp3) is 0.300. The van der Waals surface area contributed by atoms with Crippen LogP contribution in [0.25, 0.3) is 0 Å². The second-order valence-electron chi connectivity index (χ2n) is 6.26. The molecule has 1 fully saturated rings. The van der Waals surface area contributed by atoms with Crippen LogP contribution in [0.4, 0.5) is 4.79 Å². The van der Waals surface area contributed by atoms with Gasteiger partial charge in [0.15, 0.2) is 0 Å². The molecule has 0 aliphatic carbocycles. The molecule has 1 heterocycles. The van der Waals surface area contributed by atoms with Crippen molar-refractivity contribution in [3.05, 3.63) is 65.7 Å². The highest BCUT2D eigenvalue weighted by atomic mass is 16.5. The summed E-state index contributed by atoms with van der Waals surface area (Å²) in [7, 11) is 1.57. The van der Waals surface area contributed by atoms with Gasteiger partial charge in [0.1, 0.15) is 11.3 Å². The third-order valence-corrected chi connectivity index (χ3v) is 4.83. The number of carbonyl (C=O) groups excluding carboxylic acids is 2. The second kappa shape index (κ2) is 7.17. The number of amides is 3. The molecule has 1 aliphatic heterocycles. The smallest absolute Gasteiger partial charge is 0.325 e. The molecule has 2 unspecified atom stereocenters. The standard InChI is InChI=1S/C20H22N2O4/c1-3-20(15-9-11-16(26-2)12-10-15)18(24)22(19(25)21-20)13-17(23)14-7-5-4-6-8-14/h4-12,17,23H,3,13H2,1-2H3,(H,21,25). The molecule has 6 nitrogen and oxygen atoms in total. The topological polar surface area (TPSA) is 78.9 Å². The van der Waals surface area contributed by atoms with Crippen molar-refractivity contribution in [1.29, 1.82) is 0 Å². The summed E-state index contributed by atoms with van der Waals surface area (Å²) in [5, 5.41) is 13.2. The van der Waals surface area contributed by atoms with Crippen LogP contribution in [0.5, 0.6) is 5.75 Å². The second-order valence-corrected chi connectivity index (χ2v) is 6.26. The van der Waals surface area contributed by atoms with Gasteiger partial charge in [-0.25, -0.2) is 4.79 Å². The van der Waals surface area contributed by atoms with Gasteiger partial charge in [0.25, 0.3) is 5.91 Å². The summed E-state index contributed by atoms with van der Waals surface area (Å²) < 4.78 is 5.15. The number of aliphatic hydroxyl groups excluding tert-OH is 1. The number of ether oxygens (including phenoxy) is 1. The van der Waals surface area contributed by atoms with E-state index in [1.165, 1.54) is 0 Å². The molecule has 3 amide bonds. The summed E-state index contributed by atoms with van der Waals surface area (Å²) in [6, 6.07) is 15.5. The van der Waals surface area contributed by atoms with Crippen molar-refractivity contribution < 1.29 is 19.4 Å². The minimum atomic E-state index is -1.13. The number of imide groups is 1. The lowest BCUT2D eigenvalue weighted by atomic mass is 9.87. The van der Waals surface area contributed by atoms with Gasteiger partial charge in [-0.15, -0.1) is 0 Å². The maximum Gasteiger partial charge on any atom is 0.325 e. The summed E-state index contributed by atoms with van der Waals surface area (Å²) in [6.45, 7) is 1.76. The summed E-state index contributed by atoms with van der Waals surface area (Å²) in [5.74, 6) is 0.318. The molecular weight excluding hydrogens is 332 g/mol. The number of carbonyl (C=O) groups is 2. The molecule has 6 heteroatoms. The molecule has 0 radical (unpaired) electrons. The van der Waals surface area contributed by atoms with Gasteiger partial charge in [0.2, 0.25) is 0 Å². The van der Waals surface area contributed by atoms with E-state index in [1.54, 1.807) is 55.6 Å². The third kappa shape index (κ3) is 3.04. The summed E-state index contributed by atoms with van der Waals surface area (Å²) in [5.41, 5.74) is 0.224. The Kier molecular flexibility index (Phi) is 4.95. The van der Waals surface area contributed by atoms with Gasteiger partial charge in [0, 0.05) is 0 Å². The highest BCUT2D eigenvalue weighted by Gasteiger charge is 2.51. The van der Waals surface area contributed by atoms with Crippen molar-refractivity contribution in [3.63, 3.8) is 0 Å². The van der Waals surface area contributed by atoms with Gasteiger partial charge < -0.3 is 15.2 Å². The van der Waals surface area contributed by atoms with Gasteiger partial charge in [-0.1, -0.05) is 49.4 Å². The van der Waals surface area contributed by atoms with E-state index < -0.39 is 17.7 Å². The van der Waals surface area contributed by atoms with Crippen molar-refractivity contribution in [3.8, 4) is 5.75 Å². The number of benzene rings is 2. The van der Waals surface area contributed by atoms with Crippen molar-refractivity contribution >= 4 is 11.9 Å². The number of β-amino-alcohol motifs (C(OH)–C–C–N with tert-alkyl or cyclic N) is 1. The van der Waals surface area contributed by atoms with Crippen molar-refractivity contribution in [2.24, 2.45) is 0 Å². The predicted octanol–water partition coefficient (Wildman–Crippen LogP) is 2.59. The predicted molar refractivity (Wildman–Crippen MR) is 96.6 cm³/mol. The molecule has 0 spiro atoms. The van der Waals surface area contributed by atoms with Gasteiger partial charge in [0.05, 0.1) is 19.8 Å². The fourth-order valence-corrected chi connectivity index (χ4v) is 3.26. The van der Waals surface area contributed by atoms with Gasteiger partial charge in [-0.3, -0.25) is 9.69 Å². The Morgan fingerprint density at radius 2 is 1.77 bits per heavy atom. The van der Waals surface area contributed by atoms with E-state index in [4.69, 9.17) is 4.74 Å². The zero-order chi connectivity index (χ0) is 18.7. The maximum absolute atomic E-state index is 13.1. The lowest BCUT2D eigenvalue weighted by Crippen LogP contribution is -2.43. The van der Waals surface area contributed by atoms with Crippen molar-refractivity contribution in [2.45, 2.75) is 25.0 Å². The van der Waals surface area contributed by atoms with Crippen LogP contribution in [0, 0.1) is 0 Å². The average Bonchev–Trinajstić information content (AvgIpc) is 2.93. The number of urea groups is 1. The van der Waals surface area contributed by atoms with E-state index in [-0.39, 0.29) is 12.5 Å². The lowest BCUT2D eigenvalue weighted by Gasteiger charge is -2.26. The molecule has 136 valence electrons. The van der Waals surface area contributed by atoms with E-state index >= 15 is 0 Å². The Morgan fingerprint density at radius 3 is 2.35 bits per heavy atom. The zero-order valence-electron chi connectivity index (χ0n) is 14.8. The quantitative estimate of drug-likeness (QED) is 0.782. The van der Waals surface area contributed by atoms with Crippen LogP contribution in [0.15, 0.2) is 54.6 Å². The van der Waals surface area contributed by atoms with Gasteiger partial charge in [-0.2, -0.15) is 0 Å². The van der Waals surface area contributed by atoms with Crippen LogP contribution in [0.1, 0.15) is 30.6 Å². The normalized spacial score (nSPS) is 20.8. The first-order valence-electron chi connectivity index (χ1n) is 8.53. The number of methoxy groups -OCH3 is 1. The van der Waals surface area contributed by atoms with Gasteiger partial charge in [-0.05, 0) is 29.7 Å². The van der Waals surface area contributed by atoms with Crippen LogP contribution in [0.3, 0.4) is 0 Å². The Labute approximate surface area is 152 Å². The number of nitrogens with one attached hydrogen (secondary N) is 1. The van der Waals surface area contributed by atoms with E-state index in [1.807, 2.05) is 13.0 Å². The molecule has 0 saturated carbocycles. The Morgan fingerprint density at radius 1 is 1.12 bits per heavy atom. The molecule has 2 atom stereocenters. The highest BCUT2D eigenvalue weighted by molar-refractivity contribution is 6.07. The molecule has 0 aromatic heterocycles. The molecule has 2 N–H and O–H groups in total. The zero-order valence-corrected chi connectivity index (χ0v) is 14.8. The minimum absolute atomic E-state index is 0.0907. The van der Waals surface area contributed by atoms with Crippen LogP contribution in [-0.2, 0) is 10.3 Å². The van der Waals surface area contributed by atoms with E-state index in [2.05, 4.69) is 5.32 Å². The molecule has 1 aliphatic rings. The molecule has 0 bridgehead atoms. The minimum Gasteiger partial charge on any atom is -0.497 e. The number of rotatable bonds is 6. The Hall–Kier alpha value is -2.86. The number of hydrogen-bond donors (Lipinski definition) is 2. The third-order valence-electron chi connectivity index (χ3n) is 4.83. The maximum atomic E-state index is 13.1. The largest absolute Gasteiger partial charge is 0.497 e. The first-order valence-corrected chi connectivity index (χ1v) is 8.53. The SMILES string of the molecule is CCC1(c2ccc(OC)cc2)NC(=O)N(CC(O)c2ccccc2)C1=O. The molecule has 2 aromatic rings. The number of hydrogen-bond acceptors (Lipinski definition) is 4. The molecule has 1 saturated heterocycles. The number of aliphatic hydroxyl groups is 1. The van der Waals surface area contributed by atoms with Crippen LogP contribution in [-0.4, -0.2) is 35.6 Å². The highest BCUT2D eigenvalue weighted by Crippen LogP contribution is 2.34. The molecular formula is C20H22N2O4. The van der Waals surface area contributed by atoms with Crippen molar-refractivity contribution in [2.75, 3.05) is 13.7 Å². The van der Waals surface area contributed by atoms with Crippen LogP contribution in [0.2, 0.25) is 0 Å². The fourth-order valence-electron chi connectivity index (χ4n) is 3.26. The summed E-state index contributed by atoms with van der Waals surface area (Å²) in [6.07, 6.45) is -0.531. The van der Waals surface area contributed by atoms with E-state index in [9.17, 15) is 14.7 Å². The molecule has 3 rings (SSSR count). The Balaban J connectivity index is 1.86. The monoisotopic (exact) mass is 354 g/mol. The summed E-state index contributed by atoms with van der Waals surface area (Å²) in [4.78, 5) is 26.7. The van der Waals surface area contributed by atoms with Crippen LogP contribution >= 0.6 is 0 Å². The first kappa shape index (κ1) is 17.9. The average molecular weight is 354 g/mol.